The lowest BCUT2D eigenvalue weighted by molar-refractivity contribution is -0.132. The Bertz CT molecular complexity index is 645. The highest BCUT2D eigenvalue weighted by Crippen LogP contribution is 2.26. The van der Waals surface area contributed by atoms with Crippen LogP contribution in [0.1, 0.15) is 30.9 Å². The SMILES string of the molecule is O=C(CCOc1ccccc1Cl)N1CCC[C@@H](c2ccn[nH]2)C1. The minimum Gasteiger partial charge on any atom is -0.491 e. The fourth-order valence-corrected chi connectivity index (χ4v) is 3.11. The van der Waals surface area contributed by atoms with Crippen LogP contribution < -0.4 is 4.74 Å². The number of aromatic nitrogens is 2. The number of carbonyl (C=O) groups is 1. The zero-order valence-corrected chi connectivity index (χ0v) is 13.6. The van der Waals surface area contributed by atoms with Crippen molar-refractivity contribution >= 4 is 17.5 Å². The van der Waals surface area contributed by atoms with E-state index in [4.69, 9.17) is 16.3 Å². The first-order valence-corrected chi connectivity index (χ1v) is 8.26. The number of piperidine rings is 1. The third kappa shape index (κ3) is 4.05. The van der Waals surface area contributed by atoms with E-state index in [9.17, 15) is 4.79 Å². The molecule has 1 aromatic heterocycles. The first kappa shape index (κ1) is 15.9. The highest BCUT2D eigenvalue weighted by atomic mass is 35.5. The third-order valence-corrected chi connectivity index (χ3v) is 4.46. The van der Waals surface area contributed by atoms with E-state index < -0.39 is 0 Å². The summed E-state index contributed by atoms with van der Waals surface area (Å²) in [6.07, 6.45) is 4.22. The van der Waals surface area contributed by atoms with Crippen molar-refractivity contribution in [2.75, 3.05) is 19.7 Å². The van der Waals surface area contributed by atoms with Crippen LogP contribution in [-0.2, 0) is 4.79 Å². The van der Waals surface area contributed by atoms with Gasteiger partial charge in [-0.05, 0) is 31.0 Å². The van der Waals surface area contributed by atoms with Gasteiger partial charge in [0.25, 0.3) is 0 Å². The summed E-state index contributed by atoms with van der Waals surface area (Å²) >= 11 is 6.03. The molecule has 122 valence electrons. The van der Waals surface area contributed by atoms with Crippen LogP contribution in [0.15, 0.2) is 36.5 Å². The number of likely N-dealkylation sites (tertiary alicyclic amines) is 1. The molecule has 23 heavy (non-hydrogen) atoms. The molecule has 1 aromatic carbocycles. The Kier molecular flexibility index (Phi) is 5.18. The number of rotatable bonds is 5. The number of ether oxygens (including phenoxy) is 1. The Hall–Kier alpha value is -2.01. The number of carbonyl (C=O) groups excluding carboxylic acids is 1. The fraction of sp³-hybridized carbons (Fsp3) is 0.412. The monoisotopic (exact) mass is 333 g/mol. The summed E-state index contributed by atoms with van der Waals surface area (Å²) in [7, 11) is 0. The van der Waals surface area contributed by atoms with E-state index in [0.29, 0.717) is 29.7 Å². The molecule has 5 nitrogen and oxygen atoms in total. The molecular weight excluding hydrogens is 314 g/mol. The summed E-state index contributed by atoms with van der Waals surface area (Å²) in [5, 5.41) is 7.57. The maximum Gasteiger partial charge on any atom is 0.226 e. The standard InChI is InChI=1S/C17H20ClN3O2/c18-14-5-1-2-6-16(14)23-11-8-17(22)21-10-3-4-13(12-21)15-7-9-19-20-15/h1-2,5-7,9,13H,3-4,8,10-12H2,(H,19,20)/t13-/m1/s1. The molecule has 0 aliphatic carbocycles. The lowest BCUT2D eigenvalue weighted by atomic mass is 9.95. The maximum absolute atomic E-state index is 12.4. The molecular formula is C17H20ClN3O2. The lowest BCUT2D eigenvalue weighted by Gasteiger charge is -2.32. The van der Waals surface area contributed by atoms with Crippen molar-refractivity contribution in [2.24, 2.45) is 0 Å². The highest BCUT2D eigenvalue weighted by Gasteiger charge is 2.25. The second-order valence-electron chi connectivity index (χ2n) is 5.72. The van der Waals surface area contributed by atoms with Crippen LogP contribution in [0, 0.1) is 0 Å². The molecule has 1 aliphatic heterocycles. The number of hydrogen-bond donors (Lipinski definition) is 1. The molecule has 1 amide bonds. The van der Waals surface area contributed by atoms with Gasteiger partial charge in [0.2, 0.25) is 5.91 Å². The van der Waals surface area contributed by atoms with Crippen molar-refractivity contribution < 1.29 is 9.53 Å². The number of nitrogens with one attached hydrogen (secondary N) is 1. The summed E-state index contributed by atoms with van der Waals surface area (Å²) < 4.78 is 5.60. The normalized spacial score (nSPS) is 18.0. The number of amides is 1. The Morgan fingerprint density at radius 1 is 1.39 bits per heavy atom. The smallest absolute Gasteiger partial charge is 0.226 e. The van der Waals surface area contributed by atoms with E-state index in [0.717, 1.165) is 31.6 Å². The summed E-state index contributed by atoms with van der Waals surface area (Å²) in [5.41, 5.74) is 1.11. The Labute approximate surface area is 140 Å². The molecule has 0 bridgehead atoms. The van der Waals surface area contributed by atoms with Gasteiger partial charge in [0.15, 0.2) is 0 Å². The highest BCUT2D eigenvalue weighted by molar-refractivity contribution is 6.32. The first-order valence-electron chi connectivity index (χ1n) is 7.88. The van der Waals surface area contributed by atoms with Gasteiger partial charge < -0.3 is 9.64 Å². The van der Waals surface area contributed by atoms with Crippen LogP contribution in [-0.4, -0.2) is 40.7 Å². The van der Waals surface area contributed by atoms with Crippen LogP contribution in [0.25, 0.3) is 0 Å². The summed E-state index contributed by atoms with van der Waals surface area (Å²) in [4.78, 5) is 14.3. The summed E-state index contributed by atoms with van der Waals surface area (Å²) in [6.45, 7) is 1.90. The topological polar surface area (TPSA) is 58.2 Å². The Balaban J connectivity index is 1.49. The lowest BCUT2D eigenvalue weighted by Crippen LogP contribution is -2.39. The van der Waals surface area contributed by atoms with Crippen LogP contribution in [0.5, 0.6) is 5.75 Å². The minimum atomic E-state index is 0.126. The number of H-pyrrole nitrogens is 1. The molecule has 2 heterocycles. The van der Waals surface area contributed by atoms with Gasteiger partial charge in [0.05, 0.1) is 18.1 Å². The predicted molar refractivity (Wildman–Crippen MR) is 88.7 cm³/mol. The molecule has 1 atom stereocenters. The summed E-state index contributed by atoms with van der Waals surface area (Å²) in [5.74, 6) is 1.09. The molecule has 1 N–H and O–H groups in total. The van der Waals surface area contributed by atoms with Crippen LogP contribution >= 0.6 is 11.6 Å². The zero-order chi connectivity index (χ0) is 16.1. The van der Waals surface area contributed by atoms with Crippen molar-refractivity contribution in [3.63, 3.8) is 0 Å². The molecule has 0 unspecified atom stereocenters. The maximum atomic E-state index is 12.4. The Morgan fingerprint density at radius 2 is 2.26 bits per heavy atom. The molecule has 3 rings (SSSR count). The first-order chi connectivity index (χ1) is 11.2. The largest absolute Gasteiger partial charge is 0.491 e. The van der Waals surface area contributed by atoms with E-state index in [1.807, 2.05) is 29.2 Å². The average molecular weight is 334 g/mol. The Morgan fingerprint density at radius 3 is 3.04 bits per heavy atom. The van der Waals surface area contributed by atoms with Gasteiger partial charge in [-0.25, -0.2) is 0 Å². The molecule has 1 fully saturated rings. The van der Waals surface area contributed by atoms with E-state index in [1.54, 1.807) is 12.3 Å². The molecule has 2 aromatic rings. The van der Waals surface area contributed by atoms with E-state index in [1.165, 1.54) is 0 Å². The van der Waals surface area contributed by atoms with E-state index in [2.05, 4.69) is 10.2 Å². The number of benzene rings is 1. The number of nitrogens with zero attached hydrogens (tertiary/aromatic N) is 2. The third-order valence-electron chi connectivity index (χ3n) is 4.15. The van der Waals surface area contributed by atoms with Gasteiger partial charge in [-0.1, -0.05) is 23.7 Å². The molecule has 0 spiro atoms. The number of halogens is 1. The van der Waals surface area contributed by atoms with Crippen LogP contribution in [0.4, 0.5) is 0 Å². The summed E-state index contributed by atoms with van der Waals surface area (Å²) in [6, 6.07) is 9.28. The van der Waals surface area contributed by atoms with E-state index in [-0.39, 0.29) is 5.91 Å². The molecule has 0 radical (unpaired) electrons. The van der Waals surface area contributed by atoms with Gasteiger partial charge in [0, 0.05) is 30.9 Å². The molecule has 1 saturated heterocycles. The van der Waals surface area contributed by atoms with Crippen molar-refractivity contribution in [1.82, 2.24) is 15.1 Å². The van der Waals surface area contributed by atoms with Gasteiger partial charge in [-0.2, -0.15) is 5.10 Å². The number of hydrogen-bond acceptors (Lipinski definition) is 3. The van der Waals surface area contributed by atoms with Crippen molar-refractivity contribution in [3.05, 3.63) is 47.2 Å². The fourth-order valence-electron chi connectivity index (χ4n) is 2.92. The van der Waals surface area contributed by atoms with Gasteiger partial charge in [0.1, 0.15) is 5.75 Å². The van der Waals surface area contributed by atoms with Gasteiger partial charge >= 0.3 is 0 Å². The van der Waals surface area contributed by atoms with Crippen LogP contribution in [0.3, 0.4) is 0 Å². The average Bonchev–Trinajstić information content (AvgIpc) is 3.11. The van der Waals surface area contributed by atoms with Crippen molar-refractivity contribution in [2.45, 2.75) is 25.2 Å². The van der Waals surface area contributed by atoms with Crippen LogP contribution in [0.2, 0.25) is 5.02 Å². The molecule has 1 aliphatic rings. The minimum absolute atomic E-state index is 0.126. The van der Waals surface area contributed by atoms with Crippen molar-refractivity contribution in [1.29, 1.82) is 0 Å². The second-order valence-corrected chi connectivity index (χ2v) is 6.13. The van der Waals surface area contributed by atoms with E-state index >= 15 is 0 Å². The quantitative estimate of drug-likeness (QED) is 0.913. The molecule has 6 heteroatoms. The second kappa shape index (κ2) is 7.51. The van der Waals surface area contributed by atoms with Gasteiger partial charge in [-0.3, -0.25) is 9.89 Å². The number of para-hydroxylation sites is 1. The van der Waals surface area contributed by atoms with Crippen molar-refractivity contribution in [3.8, 4) is 5.75 Å². The number of aromatic amines is 1. The molecule has 0 saturated carbocycles. The predicted octanol–water partition coefficient (Wildman–Crippen LogP) is 3.24. The van der Waals surface area contributed by atoms with Gasteiger partial charge in [-0.15, -0.1) is 0 Å². The zero-order valence-electron chi connectivity index (χ0n) is 12.9.